The molecule has 9 heteroatoms. The molecular weight excluding hydrogens is 432 g/mol. The Bertz CT molecular complexity index is 1030. The van der Waals surface area contributed by atoms with Crippen molar-refractivity contribution in [2.24, 2.45) is 0 Å². The number of aryl methyl sites for hydroxylation is 1. The molecule has 8 nitrogen and oxygen atoms in total. The number of rotatable bonds is 9. The number of ether oxygens (including phenoxy) is 3. The maximum atomic E-state index is 13.2. The van der Waals surface area contributed by atoms with Crippen LogP contribution in [0.3, 0.4) is 0 Å². The van der Waals surface area contributed by atoms with Gasteiger partial charge in [0.15, 0.2) is 0 Å². The van der Waals surface area contributed by atoms with E-state index in [2.05, 4.69) is 0 Å². The van der Waals surface area contributed by atoms with Crippen LogP contribution in [0.25, 0.3) is 0 Å². The fourth-order valence-electron chi connectivity index (χ4n) is 3.58. The summed E-state index contributed by atoms with van der Waals surface area (Å²) in [7, 11) is -0.860. The molecule has 0 saturated carbocycles. The number of hydrogen-bond donors (Lipinski definition) is 0. The highest BCUT2D eigenvalue weighted by atomic mass is 32.2. The molecule has 0 radical (unpaired) electrons. The Kier molecular flexibility index (Phi) is 7.98. The molecule has 1 aliphatic heterocycles. The lowest BCUT2D eigenvalue weighted by Gasteiger charge is -2.34. The van der Waals surface area contributed by atoms with Crippen LogP contribution in [0.15, 0.2) is 47.4 Å². The van der Waals surface area contributed by atoms with Crippen molar-refractivity contribution in [2.45, 2.75) is 24.7 Å². The number of carbonyl (C=O) groups is 1. The molecule has 0 aliphatic carbocycles. The Labute approximate surface area is 189 Å². The topological polar surface area (TPSA) is 85.4 Å². The quantitative estimate of drug-likeness (QED) is 0.533. The van der Waals surface area contributed by atoms with E-state index in [4.69, 9.17) is 14.2 Å². The molecule has 1 amide bonds. The van der Waals surface area contributed by atoms with Gasteiger partial charge >= 0.3 is 0 Å². The third kappa shape index (κ3) is 5.72. The molecule has 0 atom stereocenters. The number of piperazine rings is 1. The van der Waals surface area contributed by atoms with Crippen LogP contribution in [0.1, 0.15) is 18.4 Å². The van der Waals surface area contributed by atoms with Gasteiger partial charge in [-0.2, -0.15) is 4.31 Å². The predicted octanol–water partition coefficient (Wildman–Crippen LogP) is 2.70. The third-order valence-electron chi connectivity index (χ3n) is 5.37. The van der Waals surface area contributed by atoms with Crippen LogP contribution >= 0.6 is 0 Å². The van der Waals surface area contributed by atoms with Crippen LogP contribution in [-0.4, -0.2) is 70.5 Å². The van der Waals surface area contributed by atoms with Gasteiger partial charge in [0.05, 0.1) is 20.8 Å². The molecule has 1 heterocycles. The number of hydrogen-bond acceptors (Lipinski definition) is 6. The normalized spacial score (nSPS) is 14.8. The first kappa shape index (κ1) is 23.9. The van der Waals surface area contributed by atoms with Crippen molar-refractivity contribution in [1.29, 1.82) is 0 Å². The van der Waals surface area contributed by atoms with Crippen LogP contribution in [-0.2, 0) is 14.8 Å². The van der Waals surface area contributed by atoms with E-state index in [1.807, 2.05) is 31.2 Å². The van der Waals surface area contributed by atoms with Gasteiger partial charge < -0.3 is 19.1 Å². The Hall–Kier alpha value is -2.78. The highest BCUT2D eigenvalue weighted by Gasteiger charge is 2.32. The van der Waals surface area contributed by atoms with Gasteiger partial charge in [-0.05, 0) is 43.2 Å². The standard InChI is InChI=1S/C23H30N2O6S/c1-18-6-4-7-20(16-18)31-15-5-8-23(26)24-11-13-25(14-12-24)32(27,28)22-17-19(29-2)9-10-21(22)30-3/h4,6-7,9-10,16-17H,5,8,11-15H2,1-3H3. The van der Waals surface area contributed by atoms with E-state index in [0.717, 1.165) is 11.3 Å². The van der Waals surface area contributed by atoms with Crippen molar-refractivity contribution < 1.29 is 27.4 Å². The lowest BCUT2D eigenvalue weighted by atomic mass is 10.2. The van der Waals surface area contributed by atoms with Crippen LogP contribution in [0.4, 0.5) is 0 Å². The summed E-state index contributed by atoms with van der Waals surface area (Å²) in [4.78, 5) is 14.3. The van der Waals surface area contributed by atoms with Crippen molar-refractivity contribution in [3.63, 3.8) is 0 Å². The van der Waals surface area contributed by atoms with E-state index >= 15 is 0 Å². The SMILES string of the molecule is COc1ccc(OC)c(S(=O)(=O)N2CCN(C(=O)CCCOc3cccc(C)c3)CC2)c1. The molecule has 1 aliphatic rings. The fourth-order valence-corrected chi connectivity index (χ4v) is 5.17. The molecule has 2 aromatic rings. The molecule has 32 heavy (non-hydrogen) atoms. The summed E-state index contributed by atoms with van der Waals surface area (Å²) >= 11 is 0. The minimum atomic E-state index is -3.77. The van der Waals surface area contributed by atoms with Crippen LogP contribution < -0.4 is 14.2 Å². The largest absolute Gasteiger partial charge is 0.497 e. The molecule has 0 aromatic heterocycles. The number of nitrogens with zero attached hydrogens (tertiary/aromatic N) is 2. The van der Waals surface area contributed by atoms with Gasteiger partial charge in [0.1, 0.15) is 22.1 Å². The Morgan fingerprint density at radius 2 is 1.72 bits per heavy atom. The first-order chi connectivity index (χ1) is 15.3. The Balaban J connectivity index is 1.51. The molecule has 0 N–H and O–H groups in total. The molecule has 0 bridgehead atoms. The van der Waals surface area contributed by atoms with Crippen molar-refractivity contribution in [1.82, 2.24) is 9.21 Å². The average molecular weight is 463 g/mol. The zero-order chi connectivity index (χ0) is 23.1. The monoisotopic (exact) mass is 462 g/mol. The highest BCUT2D eigenvalue weighted by molar-refractivity contribution is 7.89. The van der Waals surface area contributed by atoms with Crippen LogP contribution in [0.5, 0.6) is 17.2 Å². The second-order valence-electron chi connectivity index (χ2n) is 7.57. The summed E-state index contributed by atoms with van der Waals surface area (Å²) in [6, 6.07) is 12.5. The molecule has 0 unspecified atom stereocenters. The lowest BCUT2D eigenvalue weighted by Crippen LogP contribution is -2.50. The molecule has 0 spiro atoms. The molecule has 3 rings (SSSR count). The smallest absolute Gasteiger partial charge is 0.247 e. The number of amides is 1. The van der Waals surface area contributed by atoms with Gasteiger partial charge in [-0.15, -0.1) is 0 Å². The van der Waals surface area contributed by atoms with Gasteiger partial charge in [0, 0.05) is 38.7 Å². The summed E-state index contributed by atoms with van der Waals surface area (Å²) in [6.45, 7) is 3.62. The summed E-state index contributed by atoms with van der Waals surface area (Å²) in [5.74, 6) is 1.50. The zero-order valence-electron chi connectivity index (χ0n) is 18.7. The van der Waals surface area contributed by atoms with Crippen molar-refractivity contribution in [3.8, 4) is 17.2 Å². The van der Waals surface area contributed by atoms with Gasteiger partial charge in [0.25, 0.3) is 0 Å². The van der Waals surface area contributed by atoms with E-state index in [9.17, 15) is 13.2 Å². The molecule has 1 saturated heterocycles. The van der Waals surface area contributed by atoms with E-state index in [1.54, 1.807) is 17.0 Å². The predicted molar refractivity (Wildman–Crippen MR) is 121 cm³/mol. The van der Waals surface area contributed by atoms with E-state index in [0.29, 0.717) is 38.3 Å². The van der Waals surface area contributed by atoms with Crippen molar-refractivity contribution in [2.75, 3.05) is 47.0 Å². The minimum Gasteiger partial charge on any atom is -0.497 e. The second-order valence-corrected chi connectivity index (χ2v) is 9.48. The minimum absolute atomic E-state index is 0.00820. The molecular formula is C23H30N2O6S. The molecule has 1 fully saturated rings. The van der Waals surface area contributed by atoms with Crippen molar-refractivity contribution in [3.05, 3.63) is 48.0 Å². The number of sulfonamides is 1. The highest BCUT2D eigenvalue weighted by Crippen LogP contribution is 2.31. The zero-order valence-corrected chi connectivity index (χ0v) is 19.6. The van der Waals surface area contributed by atoms with Gasteiger partial charge in [0.2, 0.25) is 15.9 Å². The second kappa shape index (κ2) is 10.7. The number of benzene rings is 2. The van der Waals surface area contributed by atoms with E-state index in [-0.39, 0.29) is 29.6 Å². The summed E-state index contributed by atoms with van der Waals surface area (Å²) in [5, 5.41) is 0. The van der Waals surface area contributed by atoms with Gasteiger partial charge in [-0.1, -0.05) is 12.1 Å². The maximum Gasteiger partial charge on any atom is 0.247 e. The van der Waals surface area contributed by atoms with Crippen molar-refractivity contribution >= 4 is 15.9 Å². The first-order valence-corrected chi connectivity index (χ1v) is 12.0. The van der Waals surface area contributed by atoms with Crippen LogP contribution in [0, 0.1) is 6.92 Å². The average Bonchev–Trinajstić information content (AvgIpc) is 2.81. The summed E-state index contributed by atoms with van der Waals surface area (Å²) < 4.78 is 43.8. The molecule has 2 aromatic carbocycles. The third-order valence-corrected chi connectivity index (χ3v) is 7.29. The fraction of sp³-hybridized carbons (Fsp3) is 0.435. The first-order valence-electron chi connectivity index (χ1n) is 10.5. The van der Waals surface area contributed by atoms with Gasteiger partial charge in [-0.3, -0.25) is 4.79 Å². The number of carbonyl (C=O) groups excluding carboxylic acids is 1. The van der Waals surface area contributed by atoms with E-state index in [1.165, 1.54) is 24.6 Å². The summed E-state index contributed by atoms with van der Waals surface area (Å²) in [5.41, 5.74) is 1.12. The summed E-state index contributed by atoms with van der Waals surface area (Å²) in [6.07, 6.45) is 0.967. The molecule has 174 valence electrons. The number of methoxy groups -OCH3 is 2. The van der Waals surface area contributed by atoms with Gasteiger partial charge in [-0.25, -0.2) is 8.42 Å². The maximum absolute atomic E-state index is 13.2. The Morgan fingerprint density at radius 3 is 2.38 bits per heavy atom. The van der Waals surface area contributed by atoms with Crippen LogP contribution in [0.2, 0.25) is 0 Å². The Morgan fingerprint density at radius 1 is 0.969 bits per heavy atom. The van der Waals surface area contributed by atoms with E-state index < -0.39 is 10.0 Å². The lowest BCUT2D eigenvalue weighted by molar-refractivity contribution is -0.132.